The van der Waals surface area contributed by atoms with E-state index in [1.54, 1.807) is 24.4 Å². The molecule has 2 heterocycles. The topological polar surface area (TPSA) is 72.5 Å². The Morgan fingerprint density at radius 3 is 2.61 bits per heavy atom. The van der Waals surface area contributed by atoms with E-state index in [0.29, 0.717) is 23.8 Å². The normalized spacial score (nSPS) is 11.9. The largest absolute Gasteiger partial charge is 0.454 e. The van der Waals surface area contributed by atoms with Crippen molar-refractivity contribution in [1.82, 2.24) is 10.3 Å². The smallest absolute Gasteiger partial charge is 0.270 e. The summed E-state index contributed by atoms with van der Waals surface area (Å²) < 4.78 is 10.7. The van der Waals surface area contributed by atoms with Crippen LogP contribution in [0.25, 0.3) is 0 Å². The van der Waals surface area contributed by atoms with Gasteiger partial charge in [-0.3, -0.25) is 9.78 Å². The molecule has 2 N–H and O–H groups in total. The van der Waals surface area contributed by atoms with Crippen LogP contribution in [0.1, 0.15) is 21.6 Å². The number of pyridine rings is 1. The van der Waals surface area contributed by atoms with E-state index in [9.17, 15) is 4.79 Å². The van der Waals surface area contributed by atoms with Crippen molar-refractivity contribution >= 4 is 23.2 Å². The van der Waals surface area contributed by atoms with Crippen LogP contribution in [0.5, 0.6) is 11.5 Å². The highest BCUT2D eigenvalue weighted by Crippen LogP contribution is 2.32. The summed E-state index contributed by atoms with van der Waals surface area (Å²) in [6.45, 7) is 1.25. The summed E-state index contributed by atoms with van der Waals surface area (Å²) in [6, 6.07) is 16.7. The molecule has 0 saturated carbocycles. The van der Waals surface area contributed by atoms with Gasteiger partial charge in [-0.25, -0.2) is 0 Å². The molecule has 0 radical (unpaired) electrons. The van der Waals surface area contributed by atoms with Gasteiger partial charge >= 0.3 is 0 Å². The maximum Gasteiger partial charge on any atom is 0.270 e. The SMILES string of the molecule is O=C(NCc1ccc(Cl)cc1)c1cc(NCc2ccc3c(c2)OCO3)ccn1. The predicted molar refractivity (Wildman–Crippen MR) is 107 cm³/mol. The molecule has 0 bridgehead atoms. The Kier molecular flexibility index (Phi) is 5.30. The highest BCUT2D eigenvalue weighted by Gasteiger charge is 2.13. The van der Waals surface area contributed by atoms with Crippen molar-refractivity contribution in [1.29, 1.82) is 0 Å². The van der Waals surface area contributed by atoms with E-state index in [0.717, 1.165) is 28.3 Å². The first-order valence-corrected chi connectivity index (χ1v) is 9.16. The van der Waals surface area contributed by atoms with E-state index in [1.807, 2.05) is 36.4 Å². The van der Waals surface area contributed by atoms with Gasteiger partial charge in [-0.1, -0.05) is 29.8 Å². The molecule has 28 heavy (non-hydrogen) atoms. The van der Waals surface area contributed by atoms with Crippen LogP contribution in [-0.4, -0.2) is 17.7 Å². The molecule has 7 heteroatoms. The molecule has 1 aliphatic heterocycles. The van der Waals surface area contributed by atoms with Crippen LogP contribution >= 0.6 is 11.6 Å². The number of carbonyl (C=O) groups excluding carboxylic acids is 1. The first-order valence-electron chi connectivity index (χ1n) is 8.78. The molecule has 4 rings (SSSR count). The zero-order valence-electron chi connectivity index (χ0n) is 14.9. The molecule has 6 nitrogen and oxygen atoms in total. The number of anilines is 1. The standard InChI is InChI=1S/C21H18ClN3O3/c22-16-4-1-14(2-5-16)11-25-21(26)18-10-17(7-8-23-18)24-12-15-3-6-19-20(9-15)28-13-27-19/h1-10H,11-13H2,(H,23,24)(H,25,26). The third kappa shape index (κ3) is 4.35. The number of amides is 1. The van der Waals surface area contributed by atoms with E-state index in [1.165, 1.54) is 0 Å². The van der Waals surface area contributed by atoms with Crippen LogP contribution in [0.2, 0.25) is 5.02 Å². The molecule has 3 aromatic rings. The van der Waals surface area contributed by atoms with Crippen LogP contribution in [0.15, 0.2) is 60.8 Å². The lowest BCUT2D eigenvalue weighted by molar-refractivity contribution is 0.0946. The van der Waals surface area contributed by atoms with Gasteiger partial charge in [0.05, 0.1) is 0 Å². The van der Waals surface area contributed by atoms with Crippen molar-refractivity contribution in [2.24, 2.45) is 0 Å². The number of carbonyl (C=O) groups is 1. The average Bonchev–Trinajstić information content (AvgIpc) is 3.20. The number of aromatic nitrogens is 1. The van der Waals surface area contributed by atoms with Crippen LogP contribution in [0, 0.1) is 0 Å². The Morgan fingerprint density at radius 2 is 1.75 bits per heavy atom. The Bertz CT molecular complexity index is 992. The number of hydrogen-bond acceptors (Lipinski definition) is 5. The molecule has 142 valence electrons. The number of halogens is 1. The van der Waals surface area contributed by atoms with Gasteiger partial charge in [0.25, 0.3) is 5.91 Å². The van der Waals surface area contributed by atoms with Crippen LogP contribution < -0.4 is 20.1 Å². The molecule has 1 aliphatic rings. The second-order valence-corrected chi connectivity index (χ2v) is 6.72. The first kappa shape index (κ1) is 18.1. The number of nitrogens with zero attached hydrogens (tertiary/aromatic N) is 1. The lowest BCUT2D eigenvalue weighted by Gasteiger charge is -2.09. The number of ether oxygens (including phenoxy) is 2. The molecule has 0 spiro atoms. The van der Waals surface area contributed by atoms with E-state index in [4.69, 9.17) is 21.1 Å². The summed E-state index contributed by atoms with van der Waals surface area (Å²) in [5.41, 5.74) is 3.18. The molecule has 1 amide bonds. The lowest BCUT2D eigenvalue weighted by Crippen LogP contribution is -2.23. The minimum Gasteiger partial charge on any atom is -0.454 e. The molecule has 0 aliphatic carbocycles. The Morgan fingerprint density at radius 1 is 0.964 bits per heavy atom. The van der Waals surface area contributed by atoms with Gasteiger partial charge < -0.3 is 20.1 Å². The van der Waals surface area contributed by atoms with Gasteiger partial charge in [0.1, 0.15) is 5.69 Å². The first-order chi connectivity index (χ1) is 13.7. The molecular formula is C21H18ClN3O3. The van der Waals surface area contributed by atoms with Gasteiger partial charge in [-0.15, -0.1) is 0 Å². The molecule has 2 aromatic carbocycles. The monoisotopic (exact) mass is 395 g/mol. The molecule has 0 unspecified atom stereocenters. The predicted octanol–water partition coefficient (Wildman–Crippen LogP) is 4.01. The lowest BCUT2D eigenvalue weighted by atomic mass is 10.2. The third-order valence-corrected chi connectivity index (χ3v) is 4.54. The van der Waals surface area contributed by atoms with Gasteiger partial charge in [-0.2, -0.15) is 0 Å². The summed E-state index contributed by atoms with van der Waals surface area (Å²) in [6.07, 6.45) is 1.61. The third-order valence-electron chi connectivity index (χ3n) is 4.29. The molecule has 1 aromatic heterocycles. The second kappa shape index (κ2) is 8.19. The quantitative estimate of drug-likeness (QED) is 0.659. The zero-order chi connectivity index (χ0) is 19.3. The Labute approximate surface area is 167 Å². The summed E-state index contributed by atoms with van der Waals surface area (Å²) in [4.78, 5) is 16.5. The Hall–Kier alpha value is -3.25. The summed E-state index contributed by atoms with van der Waals surface area (Å²) >= 11 is 5.87. The van der Waals surface area contributed by atoms with Gasteiger partial charge in [-0.05, 0) is 47.5 Å². The summed E-state index contributed by atoms with van der Waals surface area (Å²) in [5, 5.41) is 6.82. The number of nitrogens with one attached hydrogen (secondary N) is 2. The highest BCUT2D eigenvalue weighted by molar-refractivity contribution is 6.30. The van der Waals surface area contributed by atoms with E-state index in [-0.39, 0.29) is 12.7 Å². The minimum absolute atomic E-state index is 0.235. The zero-order valence-corrected chi connectivity index (χ0v) is 15.7. The molecule has 0 saturated heterocycles. The molecular weight excluding hydrogens is 378 g/mol. The summed E-state index contributed by atoms with van der Waals surface area (Å²) in [7, 11) is 0. The van der Waals surface area contributed by atoms with Gasteiger partial charge in [0, 0.05) is 30.0 Å². The van der Waals surface area contributed by atoms with Crippen molar-refractivity contribution in [3.8, 4) is 11.5 Å². The van der Waals surface area contributed by atoms with Gasteiger partial charge in [0.2, 0.25) is 6.79 Å². The fourth-order valence-corrected chi connectivity index (χ4v) is 2.92. The van der Waals surface area contributed by atoms with E-state index >= 15 is 0 Å². The van der Waals surface area contributed by atoms with Gasteiger partial charge in [0.15, 0.2) is 11.5 Å². The second-order valence-electron chi connectivity index (χ2n) is 6.28. The molecule has 0 fully saturated rings. The number of hydrogen-bond donors (Lipinski definition) is 2. The maximum absolute atomic E-state index is 12.4. The van der Waals surface area contributed by atoms with Crippen molar-refractivity contribution in [3.63, 3.8) is 0 Å². The highest BCUT2D eigenvalue weighted by atomic mass is 35.5. The van der Waals surface area contributed by atoms with Crippen LogP contribution in [-0.2, 0) is 13.1 Å². The van der Waals surface area contributed by atoms with Crippen LogP contribution in [0.3, 0.4) is 0 Å². The number of benzene rings is 2. The number of rotatable bonds is 6. The molecule has 0 atom stereocenters. The maximum atomic E-state index is 12.4. The van der Waals surface area contributed by atoms with E-state index in [2.05, 4.69) is 15.6 Å². The summed E-state index contributed by atoms with van der Waals surface area (Å²) in [5.74, 6) is 1.27. The average molecular weight is 396 g/mol. The minimum atomic E-state index is -0.235. The number of fused-ring (bicyclic) bond motifs is 1. The fourth-order valence-electron chi connectivity index (χ4n) is 2.79. The Balaban J connectivity index is 1.35. The van der Waals surface area contributed by atoms with Crippen molar-refractivity contribution in [2.45, 2.75) is 13.1 Å². The van der Waals surface area contributed by atoms with Crippen molar-refractivity contribution in [2.75, 3.05) is 12.1 Å². The fraction of sp³-hybridized carbons (Fsp3) is 0.143. The van der Waals surface area contributed by atoms with Crippen molar-refractivity contribution in [3.05, 3.63) is 82.6 Å². The van der Waals surface area contributed by atoms with Crippen LogP contribution in [0.4, 0.5) is 5.69 Å². The van der Waals surface area contributed by atoms with Crippen molar-refractivity contribution < 1.29 is 14.3 Å². The van der Waals surface area contributed by atoms with E-state index < -0.39 is 0 Å².